The van der Waals surface area contributed by atoms with Crippen molar-refractivity contribution in [1.82, 2.24) is 24.2 Å². The zero-order chi connectivity index (χ0) is 21.1. The fraction of sp³-hybridized carbons (Fsp3) is 0.381. The van der Waals surface area contributed by atoms with E-state index in [0.717, 1.165) is 37.3 Å². The Balaban J connectivity index is 1.39. The molecule has 0 bridgehead atoms. The molecular formula is C21H24ClN5O3. The third-order valence-corrected chi connectivity index (χ3v) is 5.56. The van der Waals surface area contributed by atoms with E-state index in [1.54, 1.807) is 16.7 Å². The van der Waals surface area contributed by atoms with Crippen LogP contribution in [0.1, 0.15) is 35.4 Å². The Morgan fingerprint density at radius 3 is 2.80 bits per heavy atom. The number of methoxy groups -OCH3 is 1. The Hall–Kier alpha value is -3.00. The minimum absolute atomic E-state index is 0.0647. The zero-order valence-electron chi connectivity index (χ0n) is 16.8. The molecule has 0 radical (unpaired) electrons. The van der Waals surface area contributed by atoms with Gasteiger partial charge in [0.05, 0.1) is 23.4 Å². The van der Waals surface area contributed by atoms with Gasteiger partial charge >= 0.3 is 5.69 Å². The number of amides is 1. The van der Waals surface area contributed by atoms with Crippen molar-refractivity contribution in [3.63, 3.8) is 0 Å². The Bertz CT molecular complexity index is 1100. The summed E-state index contributed by atoms with van der Waals surface area (Å²) in [7, 11) is 1.52. The van der Waals surface area contributed by atoms with E-state index >= 15 is 0 Å². The summed E-state index contributed by atoms with van der Waals surface area (Å²) >= 11 is 6.40. The van der Waals surface area contributed by atoms with Gasteiger partial charge in [-0.25, -0.2) is 9.48 Å². The van der Waals surface area contributed by atoms with Crippen LogP contribution in [0.5, 0.6) is 5.75 Å². The van der Waals surface area contributed by atoms with Crippen LogP contribution in [0, 0.1) is 0 Å². The number of nitrogens with zero attached hydrogens (tertiary/aromatic N) is 4. The molecule has 1 N–H and O–H groups in total. The molecule has 0 fully saturated rings. The molecule has 30 heavy (non-hydrogen) atoms. The van der Waals surface area contributed by atoms with E-state index in [0.29, 0.717) is 35.8 Å². The highest BCUT2D eigenvalue weighted by Crippen LogP contribution is 2.30. The van der Waals surface area contributed by atoms with Crippen LogP contribution in [0.25, 0.3) is 5.69 Å². The van der Waals surface area contributed by atoms with Crippen molar-refractivity contribution in [2.75, 3.05) is 13.7 Å². The van der Waals surface area contributed by atoms with Gasteiger partial charge in [0.25, 0.3) is 5.91 Å². The fourth-order valence-electron chi connectivity index (χ4n) is 3.70. The van der Waals surface area contributed by atoms with E-state index < -0.39 is 0 Å². The van der Waals surface area contributed by atoms with E-state index in [1.165, 1.54) is 11.8 Å². The van der Waals surface area contributed by atoms with Crippen molar-refractivity contribution in [2.45, 2.75) is 38.8 Å². The number of ether oxygens (including phenoxy) is 1. The van der Waals surface area contributed by atoms with E-state index in [-0.39, 0.29) is 11.6 Å². The maximum Gasteiger partial charge on any atom is 0.345 e. The van der Waals surface area contributed by atoms with Gasteiger partial charge in [0.15, 0.2) is 0 Å². The number of benzene rings is 1. The van der Waals surface area contributed by atoms with Crippen LogP contribution >= 0.6 is 11.6 Å². The van der Waals surface area contributed by atoms with Crippen LogP contribution in [0.4, 0.5) is 0 Å². The van der Waals surface area contributed by atoms with Crippen LogP contribution in [0.15, 0.2) is 41.5 Å². The SMILES string of the molecule is COc1cc(-n2cccc2)c(Cl)cc1C(=O)NCCCn1nc2n(c1=O)CCCC2. The van der Waals surface area contributed by atoms with Gasteiger partial charge in [0.2, 0.25) is 0 Å². The molecule has 3 aromatic rings. The lowest BCUT2D eigenvalue weighted by molar-refractivity contribution is 0.0949. The quantitative estimate of drug-likeness (QED) is 0.585. The average Bonchev–Trinajstić information content (AvgIpc) is 3.40. The summed E-state index contributed by atoms with van der Waals surface area (Å²) in [6.07, 6.45) is 7.27. The highest BCUT2D eigenvalue weighted by Gasteiger charge is 2.18. The van der Waals surface area contributed by atoms with Crippen LogP contribution in [-0.2, 0) is 19.5 Å². The molecule has 0 unspecified atom stereocenters. The molecular weight excluding hydrogens is 406 g/mol. The number of aryl methyl sites for hydroxylation is 2. The van der Waals surface area contributed by atoms with Gasteiger partial charge in [0, 0.05) is 44.5 Å². The number of nitrogens with one attached hydrogen (secondary N) is 1. The van der Waals surface area contributed by atoms with Gasteiger partial charge in [0.1, 0.15) is 11.6 Å². The van der Waals surface area contributed by atoms with Gasteiger partial charge < -0.3 is 14.6 Å². The van der Waals surface area contributed by atoms with Crippen LogP contribution in [0.2, 0.25) is 5.02 Å². The van der Waals surface area contributed by atoms with Gasteiger partial charge in [-0.3, -0.25) is 9.36 Å². The maximum absolute atomic E-state index is 12.7. The Morgan fingerprint density at radius 1 is 1.27 bits per heavy atom. The van der Waals surface area contributed by atoms with Crippen molar-refractivity contribution < 1.29 is 9.53 Å². The summed E-state index contributed by atoms with van der Waals surface area (Å²) in [5.41, 5.74) is 1.04. The lowest BCUT2D eigenvalue weighted by Crippen LogP contribution is -2.29. The number of rotatable bonds is 7. The molecule has 1 aliphatic heterocycles. The maximum atomic E-state index is 12.7. The molecule has 0 saturated heterocycles. The first-order valence-electron chi connectivity index (χ1n) is 10.0. The summed E-state index contributed by atoms with van der Waals surface area (Å²) in [6.45, 7) is 1.61. The third-order valence-electron chi connectivity index (χ3n) is 5.26. The highest BCUT2D eigenvalue weighted by atomic mass is 35.5. The predicted octanol–water partition coefficient (Wildman–Crippen LogP) is 2.65. The first-order valence-corrected chi connectivity index (χ1v) is 10.4. The molecule has 0 aliphatic carbocycles. The minimum atomic E-state index is -0.274. The second-order valence-corrected chi connectivity index (χ2v) is 7.64. The van der Waals surface area contributed by atoms with E-state index in [4.69, 9.17) is 16.3 Å². The number of hydrogen-bond acceptors (Lipinski definition) is 4. The van der Waals surface area contributed by atoms with Crippen molar-refractivity contribution in [3.8, 4) is 11.4 Å². The lowest BCUT2D eigenvalue weighted by atomic mass is 10.1. The molecule has 1 amide bonds. The van der Waals surface area contributed by atoms with E-state index in [9.17, 15) is 9.59 Å². The lowest BCUT2D eigenvalue weighted by Gasteiger charge is -2.13. The average molecular weight is 430 g/mol. The van der Waals surface area contributed by atoms with Gasteiger partial charge in [-0.15, -0.1) is 0 Å². The molecule has 158 valence electrons. The Labute approximate surface area is 179 Å². The van der Waals surface area contributed by atoms with Crippen molar-refractivity contribution in [2.24, 2.45) is 0 Å². The summed E-state index contributed by atoms with van der Waals surface area (Å²) in [4.78, 5) is 25.0. The largest absolute Gasteiger partial charge is 0.496 e. The van der Waals surface area contributed by atoms with E-state index in [2.05, 4.69) is 10.4 Å². The third kappa shape index (κ3) is 4.00. The summed E-state index contributed by atoms with van der Waals surface area (Å²) < 4.78 is 10.5. The number of hydrogen-bond donors (Lipinski definition) is 1. The van der Waals surface area contributed by atoms with Crippen LogP contribution < -0.4 is 15.7 Å². The van der Waals surface area contributed by atoms with Gasteiger partial charge in [-0.1, -0.05) is 11.6 Å². The standard InChI is InChI=1S/C21H24ClN5O3/c1-30-18-14-17(25-9-4-5-10-25)16(22)13-15(18)20(28)23-8-6-12-27-21(29)26-11-3-2-7-19(26)24-27/h4-5,9-10,13-14H,2-3,6-8,11-12H2,1H3,(H,23,28). The topological polar surface area (TPSA) is 83.1 Å². The molecule has 1 aliphatic rings. The second kappa shape index (κ2) is 8.79. The van der Waals surface area contributed by atoms with Crippen LogP contribution in [-0.4, -0.2) is 38.5 Å². The predicted molar refractivity (Wildman–Crippen MR) is 114 cm³/mol. The molecule has 1 aromatic carbocycles. The minimum Gasteiger partial charge on any atom is -0.496 e. The van der Waals surface area contributed by atoms with Crippen molar-refractivity contribution in [3.05, 3.63) is 63.6 Å². The van der Waals surface area contributed by atoms with Gasteiger partial charge in [-0.05, 0) is 37.5 Å². The number of halogens is 1. The van der Waals surface area contributed by atoms with Crippen molar-refractivity contribution in [1.29, 1.82) is 0 Å². The highest BCUT2D eigenvalue weighted by molar-refractivity contribution is 6.33. The Kier molecular flexibility index (Phi) is 5.94. The fourth-order valence-corrected chi connectivity index (χ4v) is 3.96. The summed E-state index contributed by atoms with van der Waals surface area (Å²) in [6, 6.07) is 7.14. The molecule has 0 atom stereocenters. The van der Waals surface area contributed by atoms with Crippen LogP contribution in [0.3, 0.4) is 0 Å². The second-order valence-electron chi connectivity index (χ2n) is 7.23. The number of carbonyl (C=O) groups excluding carboxylic acids is 1. The summed E-state index contributed by atoms with van der Waals surface area (Å²) in [5, 5.41) is 7.74. The molecule has 3 heterocycles. The number of fused-ring (bicyclic) bond motifs is 1. The normalized spacial score (nSPS) is 13.1. The molecule has 9 heteroatoms. The summed E-state index contributed by atoms with van der Waals surface area (Å²) in [5.74, 6) is 1.03. The first kappa shape index (κ1) is 20.3. The molecule has 8 nitrogen and oxygen atoms in total. The zero-order valence-corrected chi connectivity index (χ0v) is 17.6. The monoisotopic (exact) mass is 429 g/mol. The molecule has 0 spiro atoms. The van der Waals surface area contributed by atoms with E-state index in [1.807, 2.05) is 29.1 Å². The smallest absolute Gasteiger partial charge is 0.345 e. The molecule has 4 rings (SSSR count). The number of carbonyl (C=O) groups is 1. The molecule has 2 aromatic heterocycles. The Morgan fingerprint density at radius 2 is 2.07 bits per heavy atom. The first-order chi connectivity index (χ1) is 14.6. The van der Waals surface area contributed by atoms with Crippen molar-refractivity contribution >= 4 is 17.5 Å². The number of aromatic nitrogens is 4. The molecule has 0 saturated carbocycles. The van der Waals surface area contributed by atoms with Gasteiger partial charge in [-0.2, -0.15) is 5.10 Å².